The van der Waals surface area contributed by atoms with Gasteiger partial charge in [-0.05, 0) is 17.5 Å². The first-order valence-corrected chi connectivity index (χ1v) is 6.03. The number of rotatable bonds is 6. The summed E-state index contributed by atoms with van der Waals surface area (Å²) < 4.78 is 35.6. The maximum atomic E-state index is 11.9. The molecule has 0 saturated heterocycles. The molecule has 0 saturated carbocycles. The molecular weight excluding hydrogens is 257 g/mol. The van der Waals surface area contributed by atoms with Gasteiger partial charge in [0.15, 0.2) is 0 Å². The van der Waals surface area contributed by atoms with Crippen molar-refractivity contribution in [2.75, 3.05) is 13.1 Å². The Morgan fingerprint density at radius 1 is 1.21 bits per heavy atom. The highest BCUT2D eigenvalue weighted by molar-refractivity contribution is 5.78. The van der Waals surface area contributed by atoms with E-state index in [-0.39, 0.29) is 6.54 Å². The normalized spacial score (nSPS) is 11.4. The smallest absolute Gasteiger partial charge is 0.346 e. The summed E-state index contributed by atoms with van der Waals surface area (Å²) in [5, 5.41) is 4.64. The van der Waals surface area contributed by atoms with E-state index in [0.29, 0.717) is 6.54 Å². The molecule has 0 radical (unpaired) electrons. The number of halogens is 3. The first-order chi connectivity index (χ1) is 8.92. The Morgan fingerprint density at radius 2 is 1.84 bits per heavy atom. The third kappa shape index (κ3) is 6.24. The average molecular weight is 274 g/mol. The molecule has 106 valence electrons. The number of carbonyl (C=O) groups excluding carboxylic acids is 1. The fourth-order valence-corrected chi connectivity index (χ4v) is 1.65. The molecule has 0 unspecified atom stereocenters. The van der Waals surface area contributed by atoms with Crippen LogP contribution < -0.4 is 10.6 Å². The number of benzene rings is 1. The number of aryl methyl sites for hydroxylation is 1. The van der Waals surface area contributed by atoms with E-state index < -0.39 is 18.6 Å². The molecule has 0 bridgehead atoms. The van der Waals surface area contributed by atoms with E-state index in [2.05, 4.69) is 5.32 Å². The molecule has 0 heterocycles. The van der Waals surface area contributed by atoms with Crippen molar-refractivity contribution >= 4 is 5.91 Å². The quantitative estimate of drug-likeness (QED) is 0.833. The van der Waals surface area contributed by atoms with Gasteiger partial charge in [-0.15, -0.1) is 0 Å². The molecule has 0 spiro atoms. The van der Waals surface area contributed by atoms with Crippen LogP contribution in [0.25, 0.3) is 0 Å². The fourth-order valence-electron chi connectivity index (χ4n) is 1.65. The van der Waals surface area contributed by atoms with Gasteiger partial charge in [0.1, 0.15) is 6.54 Å². The third-order valence-electron chi connectivity index (χ3n) is 2.59. The second-order valence-electron chi connectivity index (χ2n) is 4.12. The van der Waals surface area contributed by atoms with Crippen molar-refractivity contribution in [1.29, 1.82) is 0 Å². The van der Waals surface area contributed by atoms with Gasteiger partial charge >= 0.3 is 6.18 Å². The Hall–Kier alpha value is -1.56. The van der Waals surface area contributed by atoms with Crippen molar-refractivity contribution in [3.63, 3.8) is 0 Å². The maximum Gasteiger partial charge on any atom is 0.405 e. The van der Waals surface area contributed by atoms with Crippen LogP contribution in [-0.2, 0) is 17.8 Å². The fraction of sp³-hybridized carbons (Fsp3) is 0.462. The zero-order chi connectivity index (χ0) is 14.3. The first-order valence-electron chi connectivity index (χ1n) is 6.03. The molecule has 6 heteroatoms. The Labute approximate surface area is 110 Å². The van der Waals surface area contributed by atoms with Crippen molar-refractivity contribution in [3.8, 4) is 0 Å². The van der Waals surface area contributed by atoms with Crippen LogP contribution >= 0.6 is 0 Å². The van der Waals surface area contributed by atoms with Crippen molar-refractivity contribution in [1.82, 2.24) is 10.6 Å². The van der Waals surface area contributed by atoms with Gasteiger partial charge in [-0.2, -0.15) is 13.2 Å². The number of amides is 1. The second-order valence-corrected chi connectivity index (χ2v) is 4.12. The van der Waals surface area contributed by atoms with Crippen molar-refractivity contribution in [2.45, 2.75) is 26.1 Å². The minimum absolute atomic E-state index is 0.131. The Balaban J connectivity index is 2.32. The molecule has 1 rings (SSSR count). The number of alkyl halides is 3. The van der Waals surface area contributed by atoms with Gasteiger partial charge in [0.2, 0.25) is 5.91 Å². The summed E-state index contributed by atoms with van der Waals surface area (Å²) in [4.78, 5) is 11.2. The number of nitrogens with one attached hydrogen (secondary N) is 2. The average Bonchev–Trinajstić information content (AvgIpc) is 2.36. The molecular formula is C13H17F3N2O. The molecule has 3 nitrogen and oxygen atoms in total. The standard InChI is InChI=1S/C13H17F3N2O/c1-2-10-5-3-4-6-11(10)7-17-8-12(19)18-9-13(14,15)16/h3-6,17H,2,7-9H2,1H3,(H,18,19). The number of carbonyl (C=O) groups is 1. The highest BCUT2D eigenvalue weighted by Gasteiger charge is 2.27. The first kappa shape index (κ1) is 15.5. The topological polar surface area (TPSA) is 41.1 Å². The van der Waals surface area contributed by atoms with E-state index in [9.17, 15) is 18.0 Å². The van der Waals surface area contributed by atoms with E-state index >= 15 is 0 Å². The maximum absolute atomic E-state index is 11.9. The summed E-state index contributed by atoms with van der Waals surface area (Å²) in [6, 6.07) is 7.73. The molecule has 0 aliphatic carbocycles. The molecule has 19 heavy (non-hydrogen) atoms. The van der Waals surface area contributed by atoms with Gasteiger partial charge < -0.3 is 10.6 Å². The molecule has 1 aromatic rings. The molecule has 0 fully saturated rings. The van der Waals surface area contributed by atoms with E-state index in [1.165, 1.54) is 0 Å². The van der Waals surface area contributed by atoms with Gasteiger partial charge in [-0.1, -0.05) is 31.2 Å². The van der Waals surface area contributed by atoms with Crippen LogP contribution in [0.1, 0.15) is 18.1 Å². The molecule has 0 aromatic heterocycles. The van der Waals surface area contributed by atoms with E-state index in [1.807, 2.05) is 36.5 Å². The molecule has 2 N–H and O–H groups in total. The summed E-state index contributed by atoms with van der Waals surface area (Å²) >= 11 is 0. The Bertz CT molecular complexity index is 419. The molecule has 0 aliphatic heterocycles. The second kappa shape index (κ2) is 7.13. The predicted molar refractivity (Wildman–Crippen MR) is 66.6 cm³/mol. The molecule has 0 aliphatic rings. The van der Waals surface area contributed by atoms with Crippen molar-refractivity contribution in [3.05, 3.63) is 35.4 Å². The van der Waals surface area contributed by atoms with Gasteiger partial charge in [0.05, 0.1) is 6.54 Å². The van der Waals surface area contributed by atoms with Crippen LogP contribution in [-0.4, -0.2) is 25.2 Å². The SMILES string of the molecule is CCc1ccccc1CNCC(=O)NCC(F)(F)F. The molecule has 1 amide bonds. The molecule has 0 atom stereocenters. The lowest BCUT2D eigenvalue weighted by molar-refractivity contribution is -0.137. The summed E-state index contributed by atoms with van der Waals surface area (Å²) in [7, 11) is 0. The van der Waals surface area contributed by atoms with Crippen LogP contribution in [0.15, 0.2) is 24.3 Å². The summed E-state index contributed by atoms with van der Waals surface area (Å²) in [5.41, 5.74) is 2.21. The lowest BCUT2D eigenvalue weighted by Gasteiger charge is -2.10. The van der Waals surface area contributed by atoms with Crippen molar-refractivity contribution < 1.29 is 18.0 Å². The number of hydrogen-bond donors (Lipinski definition) is 2. The Kier molecular flexibility index (Phi) is 5.82. The molecule has 1 aromatic carbocycles. The van der Waals surface area contributed by atoms with Crippen LogP contribution in [0.3, 0.4) is 0 Å². The largest absolute Gasteiger partial charge is 0.405 e. The zero-order valence-electron chi connectivity index (χ0n) is 10.7. The van der Waals surface area contributed by atoms with Crippen LogP contribution in [0.5, 0.6) is 0 Å². The van der Waals surface area contributed by atoms with Gasteiger partial charge in [-0.25, -0.2) is 0 Å². The minimum atomic E-state index is -4.37. The highest BCUT2D eigenvalue weighted by Crippen LogP contribution is 2.12. The van der Waals surface area contributed by atoms with Gasteiger partial charge in [0, 0.05) is 6.54 Å². The lowest BCUT2D eigenvalue weighted by Crippen LogP contribution is -2.39. The zero-order valence-corrected chi connectivity index (χ0v) is 10.7. The van der Waals surface area contributed by atoms with E-state index in [4.69, 9.17) is 0 Å². The van der Waals surface area contributed by atoms with Crippen LogP contribution in [0, 0.1) is 0 Å². The van der Waals surface area contributed by atoms with E-state index in [0.717, 1.165) is 17.5 Å². The summed E-state index contributed by atoms with van der Waals surface area (Å²) in [5.74, 6) is -0.661. The van der Waals surface area contributed by atoms with Crippen molar-refractivity contribution in [2.24, 2.45) is 0 Å². The van der Waals surface area contributed by atoms with Gasteiger partial charge in [0.25, 0.3) is 0 Å². The summed E-state index contributed by atoms with van der Waals surface area (Å²) in [6.07, 6.45) is -3.50. The van der Waals surface area contributed by atoms with Crippen LogP contribution in [0.4, 0.5) is 13.2 Å². The summed E-state index contributed by atoms with van der Waals surface area (Å²) in [6.45, 7) is 1.06. The monoisotopic (exact) mass is 274 g/mol. The predicted octanol–water partition coefficient (Wildman–Crippen LogP) is 2.02. The Morgan fingerprint density at radius 3 is 2.42 bits per heavy atom. The van der Waals surface area contributed by atoms with E-state index in [1.54, 1.807) is 0 Å². The number of hydrogen-bond acceptors (Lipinski definition) is 2. The van der Waals surface area contributed by atoms with Gasteiger partial charge in [-0.3, -0.25) is 4.79 Å². The third-order valence-corrected chi connectivity index (χ3v) is 2.59. The lowest BCUT2D eigenvalue weighted by atomic mass is 10.1. The minimum Gasteiger partial charge on any atom is -0.346 e. The van der Waals surface area contributed by atoms with Crippen LogP contribution in [0.2, 0.25) is 0 Å². The highest BCUT2D eigenvalue weighted by atomic mass is 19.4.